The Morgan fingerprint density at radius 1 is 1.38 bits per heavy atom. The summed E-state index contributed by atoms with van der Waals surface area (Å²) < 4.78 is 5.37. The van der Waals surface area contributed by atoms with Crippen LogP contribution in [0.2, 0.25) is 10.0 Å². The van der Waals surface area contributed by atoms with Crippen LogP contribution >= 0.6 is 23.2 Å². The number of anilines is 1. The molecule has 0 saturated heterocycles. The van der Waals surface area contributed by atoms with E-state index in [1.54, 1.807) is 18.2 Å². The van der Waals surface area contributed by atoms with Gasteiger partial charge in [-0.15, -0.1) is 0 Å². The van der Waals surface area contributed by atoms with Crippen molar-refractivity contribution >= 4 is 40.9 Å². The van der Waals surface area contributed by atoms with Gasteiger partial charge in [0.2, 0.25) is 0 Å². The first-order valence-electron chi connectivity index (χ1n) is 6.63. The highest BCUT2D eigenvalue weighted by Crippen LogP contribution is 2.33. The molecule has 1 aromatic carbocycles. The van der Waals surface area contributed by atoms with Gasteiger partial charge in [0.05, 0.1) is 21.2 Å². The molecule has 0 atom stereocenters. The molecule has 1 aromatic heterocycles. The monoisotopic (exact) mass is 366 g/mol. The van der Waals surface area contributed by atoms with Crippen LogP contribution in [0.5, 0.6) is 5.75 Å². The van der Waals surface area contributed by atoms with Crippen molar-refractivity contribution in [1.29, 1.82) is 0 Å². The van der Waals surface area contributed by atoms with Gasteiger partial charge in [-0.05, 0) is 23.8 Å². The second-order valence-corrected chi connectivity index (χ2v) is 5.26. The molecule has 1 N–H and O–H groups in total. The predicted octanol–water partition coefficient (Wildman–Crippen LogP) is 4.31. The third kappa shape index (κ3) is 4.68. The largest absolute Gasteiger partial charge is 0.486 e. The van der Waals surface area contributed by atoms with Gasteiger partial charge in [0.15, 0.2) is 5.75 Å². The van der Waals surface area contributed by atoms with Gasteiger partial charge in [0.1, 0.15) is 18.6 Å². The van der Waals surface area contributed by atoms with Crippen LogP contribution in [0.3, 0.4) is 0 Å². The van der Waals surface area contributed by atoms with Gasteiger partial charge < -0.3 is 4.74 Å². The SMILES string of the molecule is C=CCOc1c(Cl)cc(/C=N/Nc2ccc([N+](=O)[O-])cn2)cc1Cl. The average Bonchev–Trinajstić information content (AvgIpc) is 2.54. The number of nitrogens with one attached hydrogen (secondary N) is 1. The number of ether oxygens (including phenoxy) is 1. The van der Waals surface area contributed by atoms with E-state index in [-0.39, 0.29) is 5.69 Å². The van der Waals surface area contributed by atoms with Crippen LogP contribution in [-0.2, 0) is 0 Å². The predicted molar refractivity (Wildman–Crippen MR) is 94.3 cm³/mol. The number of rotatable bonds is 7. The van der Waals surface area contributed by atoms with Crippen LogP contribution in [-0.4, -0.2) is 22.7 Å². The highest BCUT2D eigenvalue weighted by molar-refractivity contribution is 6.37. The topological polar surface area (TPSA) is 89.6 Å². The molecule has 0 aliphatic rings. The van der Waals surface area contributed by atoms with Gasteiger partial charge in [0.25, 0.3) is 5.69 Å². The first-order chi connectivity index (χ1) is 11.5. The van der Waals surface area contributed by atoms with E-state index in [2.05, 4.69) is 22.1 Å². The standard InChI is InChI=1S/C15H12Cl2N4O3/c1-2-5-24-15-12(16)6-10(7-13(15)17)8-19-20-14-4-3-11(9-18-14)21(22)23/h2-4,6-9H,1,5H2,(H,18,20)/b19-8+. The highest BCUT2D eigenvalue weighted by Gasteiger charge is 2.08. The van der Waals surface area contributed by atoms with Crippen molar-refractivity contribution in [3.8, 4) is 5.75 Å². The smallest absolute Gasteiger partial charge is 0.287 e. The van der Waals surface area contributed by atoms with Crippen LogP contribution in [0.1, 0.15) is 5.56 Å². The fourth-order valence-corrected chi connectivity index (χ4v) is 2.28. The number of nitrogens with zero attached hydrogens (tertiary/aromatic N) is 3. The summed E-state index contributed by atoms with van der Waals surface area (Å²) in [5, 5.41) is 15.2. The molecule has 124 valence electrons. The second kappa shape index (κ2) is 8.28. The number of hydrogen-bond donors (Lipinski definition) is 1. The van der Waals surface area contributed by atoms with Crippen molar-refractivity contribution < 1.29 is 9.66 Å². The summed E-state index contributed by atoms with van der Waals surface area (Å²) in [5.74, 6) is 0.736. The van der Waals surface area contributed by atoms with E-state index >= 15 is 0 Å². The van der Waals surface area contributed by atoms with E-state index in [1.807, 2.05) is 0 Å². The van der Waals surface area contributed by atoms with Gasteiger partial charge in [-0.25, -0.2) is 4.98 Å². The Morgan fingerprint density at radius 3 is 2.62 bits per heavy atom. The maximum Gasteiger partial charge on any atom is 0.287 e. The second-order valence-electron chi connectivity index (χ2n) is 4.44. The Morgan fingerprint density at radius 2 is 2.08 bits per heavy atom. The maximum atomic E-state index is 10.5. The molecule has 0 saturated carbocycles. The normalized spacial score (nSPS) is 10.6. The zero-order valence-corrected chi connectivity index (χ0v) is 13.8. The van der Waals surface area contributed by atoms with E-state index in [0.29, 0.717) is 33.8 Å². The number of benzene rings is 1. The minimum Gasteiger partial charge on any atom is -0.486 e. The minimum atomic E-state index is -0.528. The van der Waals surface area contributed by atoms with Crippen molar-refractivity contribution in [2.75, 3.05) is 12.0 Å². The summed E-state index contributed by atoms with van der Waals surface area (Å²) in [4.78, 5) is 13.9. The van der Waals surface area contributed by atoms with Crippen molar-refractivity contribution in [3.63, 3.8) is 0 Å². The fourth-order valence-electron chi connectivity index (χ4n) is 1.67. The lowest BCUT2D eigenvalue weighted by Gasteiger charge is -2.08. The van der Waals surface area contributed by atoms with E-state index in [9.17, 15) is 10.1 Å². The van der Waals surface area contributed by atoms with Crippen LogP contribution in [0.25, 0.3) is 0 Å². The number of hydrazone groups is 1. The summed E-state index contributed by atoms with van der Waals surface area (Å²) in [6.45, 7) is 3.85. The Hall–Kier alpha value is -2.64. The summed E-state index contributed by atoms with van der Waals surface area (Å²) in [6, 6.07) is 6.05. The fraction of sp³-hybridized carbons (Fsp3) is 0.0667. The first kappa shape index (κ1) is 17.7. The first-order valence-corrected chi connectivity index (χ1v) is 7.39. The Kier molecular flexibility index (Phi) is 6.11. The van der Waals surface area contributed by atoms with Crippen molar-refractivity contribution in [2.24, 2.45) is 5.10 Å². The Labute approximate surface area is 147 Å². The number of hydrogen-bond acceptors (Lipinski definition) is 6. The summed E-state index contributed by atoms with van der Waals surface area (Å²) >= 11 is 12.2. The van der Waals surface area contributed by atoms with E-state index in [4.69, 9.17) is 27.9 Å². The number of halogens is 2. The van der Waals surface area contributed by atoms with Crippen LogP contribution < -0.4 is 10.2 Å². The molecule has 0 unspecified atom stereocenters. The van der Waals surface area contributed by atoms with E-state index < -0.39 is 4.92 Å². The van der Waals surface area contributed by atoms with Crippen LogP contribution in [0, 0.1) is 10.1 Å². The maximum absolute atomic E-state index is 10.5. The molecule has 9 heteroatoms. The summed E-state index contributed by atoms with van der Waals surface area (Å²) in [7, 11) is 0. The molecule has 0 aliphatic heterocycles. The molecular formula is C15H12Cl2N4O3. The summed E-state index contributed by atoms with van der Waals surface area (Å²) in [6.07, 6.45) is 4.21. The Balaban J connectivity index is 2.06. The van der Waals surface area contributed by atoms with Crippen LogP contribution in [0.15, 0.2) is 48.2 Å². The van der Waals surface area contributed by atoms with Gasteiger partial charge in [-0.3, -0.25) is 15.5 Å². The van der Waals surface area contributed by atoms with Crippen molar-refractivity contribution in [1.82, 2.24) is 4.98 Å². The lowest BCUT2D eigenvalue weighted by molar-refractivity contribution is -0.385. The molecular weight excluding hydrogens is 355 g/mol. The highest BCUT2D eigenvalue weighted by atomic mass is 35.5. The molecule has 0 spiro atoms. The molecule has 0 amide bonds. The average molecular weight is 367 g/mol. The molecule has 7 nitrogen and oxygen atoms in total. The van der Waals surface area contributed by atoms with Crippen LogP contribution in [0.4, 0.5) is 11.5 Å². The Bertz CT molecular complexity index is 756. The van der Waals surface area contributed by atoms with Gasteiger partial charge in [0, 0.05) is 6.07 Å². The molecule has 0 radical (unpaired) electrons. The quantitative estimate of drug-likeness (QED) is 0.341. The van der Waals surface area contributed by atoms with E-state index in [1.165, 1.54) is 18.3 Å². The molecule has 2 rings (SSSR count). The third-order valence-electron chi connectivity index (χ3n) is 2.72. The van der Waals surface area contributed by atoms with Crippen molar-refractivity contribution in [2.45, 2.75) is 0 Å². The zero-order valence-electron chi connectivity index (χ0n) is 12.3. The molecule has 0 fully saturated rings. The lowest BCUT2D eigenvalue weighted by Crippen LogP contribution is -1.97. The molecule has 0 bridgehead atoms. The molecule has 1 heterocycles. The van der Waals surface area contributed by atoms with Gasteiger partial charge in [-0.2, -0.15) is 5.10 Å². The third-order valence-corrected chi connectivity index (χ3v) is 3.28. The van der Waals surface area contributed by atoms with Crippen molar-refractivity contribution in [3.05, 3.63) is 68.8 Å². The molecule has 2 aromatic rings. The molecule has 0 aliphatic carbocycles. The van der Waals surface area contributed by atoms with E-state index in [0.717, 1.165) is 6.20 Å². The summed E-state index contributed by atoms with van der Waals surface area (Å²) in [5.41, 5.74) is 3.20. The van der Waals surface area contributed by atoms with Gasteiger partial charge in [-0.1, -0.05) is 35.9 Å². The minimum absolute atomic E-state index is 0.0989. The number of pyridine rings is 1. The number of aromatic nitrogens is 1. The number of nitro groups is 1. The molecule has 24 heavy (non-hydrogen) atoms. The van der Waals surface area contributed by atoms with Gasteiger partial charge >= 0.3 is 0 Å². The zero-order chi connectivity index (χ0) is 17.5. The lowest BCUT2D eigenvalue weighted by atomic mass is 10.2.